The smallest absolute Gasteiger partial charge is 0.257 e. The number of amides is 1. The Morgan fingerprint density at radius 2 is 2.00 bits per heavy atom. The monoisotopic (exact) mass is 312 g/mol. The van der Waals surface area contributed by atoms with Gasteiger partial charge in [0.1, 0.15) is 0 Å². The molecule has 0 radical (unpaired) electrons. The molecule has 1 amide bonds. The Balaban J connectivity index is 1.86. The number of aryl methyl sites for hydroxylation is 2. The molecule has 0 aliphatic heterocycles. The van der Waals surface area contributed by atoms with E-state index in [4.69, 9.17) is 0 Å². The van der Waals surface area contributed by atoms with Gasteiger partial charge in [-0.1, -0.05) is 0 Å². The molecule has 0 spiro atoms. The Morgan fingerprint density at radius 1 is 1.26 bits per heavy atom. The number of aromatic nitrogens is 5. The molecule has 3 rings (SSSR count). The van der Waals surface area contributed by atoms with Crippen molar-refractivity contribution in [2.45, 2.75) is 33.2 Å². The van der Waals surface area contributed by atoms with Crippen LogP contribution in [0.1, 0.15) is 36.8 Å². The van der Waals surface area contributed by atoms with Crippen LogP contribution in [0.3, 0.4) is 0 Å². The van der Waals surface area contributed by atoms with Crippen LogP contribution >= 0.6 is 0 Å². The largest absolute Gasteiger partial charge is 0.319 e. The highest BCUT2D eigenvalue weighted by Gasteiger charge is 2.16. The lowest BCUT2D eigenvalue weighted by molar-refractivity contribution is 0.102. The number of anilines is 1. The molecule has 0 fully saturated rings. The molecule has 3 aromatic heterocycles. The van der Waals surface area contributed by atoms with Crippen LogP contribution < -0.4 is 5.32 Å². The number of nitrogens with one attached hydrogen (secondary N) is 1. The highest BCUT2D eigenvalue weighted by atomic mass is 16.1. The van der Waals surface area contributed by atoms with Crippen LogP contribution in [0.15, 0.2) is 24.7 Å². The maximum Gasteiger partial charge on any atom is 0.257 e. The average Bonchev–Trinajstić information content (AvgIpc) is 3.04. The number of pyridine rings is 1. The first-order valence-corrected chi connectivity index (χ1v) is 7.41. The second-order valence-corrected chi connectivity index (χ2v) is 6.60. The summed E-state index contributed by atoms with van der Waals surface area (Å²) < 4.78 is 3.52. The molecule has 0 aliphatic carbocycles. The first kappa shape index (κ1) is 15.2. The maximum absolute atomic E-state index is 12.4. The molecule has 0 aliphatic rings. The highest BCUT2D eigenvalue weighted by Crippen LogP contribution is 2.19. The van der Waals surface area contributed by atoms with Crippen LogP contribution in [0.5, 0.6) is 0 Å². The normalized spacial score (nSPS) is 11.9. The third-order valence-electron chi connectivity index (χ3n) is 3.65. The average molecular weight is 312 g/mol. The molecule has 3 aromatic rings. The molecule has 3 heterocycles. The zero-order valence-corrected chi connectivity index (χ0v) is 14.0. The van der Waals surface area contributed by atoms with Gasteiger partial charge >= 0.3 is 0 Å². The molecular weight excluding hydrogens is 292 g/mol. The third kappa shape index (κ3) is 2.81. The molecule has 0 bridgehead atoms. The lowest BCUT2D eigenvalue weighted by Crippen LogP contribution is -2.22. The molecule has 7 nitrogen and oxygen atoms in total. The first-order valence-electron chi connectivity index (χ1n) is 7.41. The molecular formula is C16H20N6O. The minimum atomic E-state index is -0.212. The minimum absolute atomic E-state index is 0.129. The van der Waals surface area contributed by atoms with Gasteiger partial charge in [-0.2, -0.15) is 10.2 Å². The summed E-state index contributed by atoms with van der Waals surface area (Å²) in [6.07, 6.45) is 5.02. The topological polar surface area (TPSA) is 77.6 Å². The van der Waals surface area contributed by atoms with Gasteiger partial charge in [0.25, 0.3) is 5.91 Å². The number of carbonyl (C=O) groups excluding carboxylic acids is 1. The van der Waals surface area contributed by atoms with Crippen molar-refractivity contribution < 1.29 is 4.79 Å². The van der Waals surface area contributed by atoms with Gasteiger partial charge in [0, 0.05) is 24.8 Å². The van der Waals surface area contributed by atoms with E-state index in [-0.39, 0.29) is 11.4 Å². The van der Waals surface area contributed by atoms with Crippen molar-refractivity contribution in [2.75, 3.05) is 5.32 Å². The fourth-order valence-corrected chi connectivity index (χ4v) is 2.39. The Bertz CT molecular complexity index is 884. The molecule has 0 unspecified atom stereocenters. The SMILES string of the molecule is Cc1nn(C)c2ncc(C(=O)Nc3cnn(C(C)(C)C)c3)cc12. The molecule has 1 N–H and O–H groups in total. The van der Waals surface area contributed by atoms with Crippen LogP contribution in [0.25, 0.3) is 11.0 Å². The van der Waals surface area contributed by atoms with Gasteiger partial charge in [0.2, 0.25) is 0 Å². The summed E-state index contributed by atoms with van der Waals surface area (Å²) in [5, 5.41) is 12.3. The zero-order valence-electron chi connectivity index (χ0n) is 14.0. The van der Waals surface area contributed by atoms with Crippen molar-refractivity contribution >= 4 is 22.6 Å². The summed E-state index contributed by atoms with van der Waals surface area (Å²) in [7, 11) is 1.84. The van der Waals surface area contributed by atoms with E-state index in [0.717, 1.165) is 16.7 Å². The first-order chi connectivity index (χ1) is 10.8. The van der Waals surface area contributed by atoms with E-state index in [1.807, 2.05) is 30.9 Å². The predicted octanol–water partition coefficient (Wildman–Crippen LogP) is 2.48. The second-order valence-electron chi connectivity index (χ2n) is 6.60. The van der Waals surface area contributed by atoms with E-state index in [1.54, 1.807) is 17.1 Å². The molecule has 7 heteroatoms. The van der Waals surface area contributed by atoms with Gasteiger partial charge in [0.05, 0.1) is 28.7 Å². The van der Waals surface area contributed by atoms with Gasteiger partial charge in [0.15, 0.2) is 5.65 Å². The second kappa shape index (κ2) is 5.19. The number of fused-ring (bicyclic) bond motifs is 1. The Morgan fingerprint density at radius 3 is 2.65 bits per heavy atom. The van der Waals surface area contributed by atoms with E-state index >= 15 is 0 Å². The molecule has 0 saturated carbocycles. The predicted molar refractivity (Wildman–Crippen MR) is 88.4 cm³/mol. The van der Waals surface area contributed by atoms with Crippen molar-refractivity contribution in [3.05, 3.63) is 35.9 Å². The van der Waals surface area contributed by atoms with Crippen molar-refractivity contribution in [3.8, 4) is 0 Å². The fourth-order valence-electron chi connectivity index (χ4n) is 2.39. The molecule has 120 valence electrons. The lowest BCUT2D eigenvalue weighted by Gasteiger charge is -2.18. The van der Waals surface area contributed by atoms with E-state index in [2.05, 4.69) is 41.3 Å². The van der Waals surface area contributed by atoms with Gasteiger partial charge in [-0.15, -0.1) is 0 Å². The van der Waals surface area contributed by atoms with Gasteiger partial charge in [-0.25, -0.2) is 4.98 Å². The number of carbonyl (C=O) groups is 1. The lowest BCUT2D eigenvalue weighted by atomic mass is 10.1. The van der Waals surface area contributed by atoms with E-state index in [0.29, 0.717) is 11.3 Å². The van der Waals surface area contributed by atoms with E-state index in [9.17, 15) is 4.79 Å². The zero-order chi connectivity index (χ0) is 16.8. The molecule has 0 aromatic carbocycles. The summed E-state index contributed by atoms with van der Waals surface area (Å²) in [6, 6.07) is 1.81. The number of nitrogens with zero attached hydrogens (tertiary/aromatic N) is 5. The van der Waals surface area contributed by atoms with Crippen LogP contribution in [-0.2, 0) is 12.6 Å². The summed E-state index contributed by atoms with van der Waals surface area (Å²) in [5.41, 5.74) is 2.64. The Labute approximate surface area is 134 Å². The van der Waals surface area contributed by atoms with Crippen molar-refractivity contribution in [1.29, 1.82) is 0 Å². The molecule has 23 heavy (non-hydrogen) atoms. The number of rotatable bonds is 2. The maximum atomic E-state index is 12.4. The quantitative estimate of drug-likeness (QED) is 0.788. The Hall–Kier alpha value is -2.70. The summed E-state index contributed by atoms with van der Waals surface area (Å²) in [5.74, 6) is -0.212. The Kier molecular flexibility index (Phi) is 3.43. The van der Waals surface area contributed by atoms with Crippen LogP contribution in [0.2, 0.25) is 0 Å². The van der Waals surface area contributed by atoms with E-state index in [1.165, 1.54) is 0 Å². The fraction of sp³-hybridized carbons (Fsp3) is 0.375. The standard InChI is InChI=1S/C16H20N6O/c1-10-13-6-11(7-17-14(13)21(5)20-10)15(23)19-12-8-18-22(9-12)16(2,3)4/h6-9H,1-5H3,(H,19,23). The minimum Gasteiger partial charge on any atom is -0.319 e. The molecule has 0 atom stereocenters. The number of hydrogen-bond acceptors (Lipinski definition) is 4. The van der Waals surface area contributed by atoms with Crippen LogP contribution in [-0.4, -0.2) is 30.5 Å². The summed E-state index contributed by atoms with van der Waals surface area (Å²) in [4.78, 5) is 16.7. The summed E-state index contributed by atoms with van der Waals surface area (Å²) >= 11 is 0. The van der Waals surface area contributed by atoms with Crippen molar-refractivity contribution in [2.24, 2.45) is 7.05 Å². The van der Waals surface area contributed by atoms with Crippen LogP contribution in [0.4, 0.5) is 5.69 Å². The summed E-state index contributed by atoms with van der Waals surface area (Å²) in [6.45, 7) is 8.05. The van der Waals surface area contributed by atoms with Gasteiger partial charge in [-0.05, 0) is 33.8 Å². The van der Waals surface area contributed by atoms with Gasteiger partial charge < -0.3 is 5.32 Å². The molecule has 0 saturated heterocycles. The van der Waals surface area contributed by atoms with Gasteiger partial charge in [-0.3, -0.25) is 14.2 Å². The van der Waals surface area contributed by atoms with Crippen LogP contribution in [0, 0.1) is 6.92 Å². The third-order valence-corrected chi connectivity index (χ3v) is 3.65. The highest BCUT2D eigenvalue weighted by molar-refractivity contribution is 6.05. The van der Waals surface area contributed by atoms with Crippen molar-refractivity contribution in [3.63, 3.8) is 0 Å². The van der Waals surface area contributed by atoms with E-state index < -0.39 is 0 Å². The van der Waals surface area contributed by atoms with Crippen molar-refractivity contribution in [1.82, 2.24) is 24.5 Å². The number of hydrogen-bond donors (Lipinski definition) is 1.